The number of amides is 1. The molecule has 2 N–H and O–H groups in total. The number of carbonyl (C=O) groups excluding carboxylic acids is 1. The molecule has 5 heteroatoms. The lowest BCUT2D eigenvalue weighted by Crippen LogP contribution is -2.38. The number of aliphatic hydroxyl groups is 1. The van der Waals surface area contributed by atoms with Crippen LogP contribution in [0.25, 0.3) is 0 Å². The Balaban J connectivity index is 2.12. The molecule has 0 aromatic heterocycles. The fourth-order valence-corrected chi connectivity index (χ4v) is 2.70. The molecule has 24 heavy (non-hydrogen) atoms. The quantitative estimate of drug-likeness (QED) is 0.800. The highest BCUT2D eigenvalue weighted by Crippen LogP contribution is 2.25. The molecule has 0 aliphatic rings. The van der Waals surface area contributed by atoms with Gasteiger partial charge in [-0.1, -0.05) is 48.9 Å². The smallest absolute Gasteiger partial charge is 0.243 e. The van der Waals surface area contributed by atoms with Gasteiger partial charge in [-0.25, -0.2) is 0 Å². The van der Waals surface area contributed by atoms with Crippen molar-refractivity contribution in [3.05, 3.63) is 59.1 Å². The highest BCUT2D eigenvalue weighted by Gasteiger charge is 2.16. The van der Waals surface area contributed by atoms with E-state index in [1.807, 2.05) is 61.2 Å². The molecule has 1 amide bonds. The van der Waals surface area contributed by atoms with Crippen LogP contribution in [-0.4, -0.2) is 30.2 Å². The Morgan fingerprint density at radius 1 is 1.21 bits per heavy atom. The molecule has 0 spiro atoms. The molecule has 0 bridgehead atoms. The Morgan fingerprint density at radius 2 is 1.92 bits per heavy atom. The monoisotopic (exact) mass is 346 g/mol. The van der Waals surface area contributed by atoms with E-state index >= 15 is 0 Å². The van der Waals surface area contributed by atoms with Crippen LogP contribution in [0.3, 0.4) is 0 Å². The maximum absolute atomic E-state index is 12.5. The molecule has 1 unspecified atom stereocenters. The lowest BCUT2D eigenvalue weighted by molar-refractivity contribution is -0.115. The Bertz CT molecular complexity index is 656. The summed E-state index contributed by atoms with van der Waals surface area (Å²) in [6.07, 6.45) is 0.147. The average Bonchev–Trinajstić information content (AvgIpc) is 2.58. The zero-order valence-corrected chi connectivity index (χ0v) is 14.8. The van der Waals surface area contributed by atoms with Gasteiger partial charge in [0.2, 0.25) is 5.91 Å². The molecule has 0 saturated carbocycles. The topological polar surface area (TPSA) is 52.6 Å². The van der Waals surface area contributed by atoms with Gasteiger partial charge in [-0.3, -0.25) is 4.79 Å². The summed E-state index contributed by atoms with van der Waals surface area (Å²) in [7, 11) is 0. The minimum atomic E-state index is -0.486. The average molecular weight is 347 g/mol. The van der Waals surface area contributed by atoms with Crippen molar-refractivity contribution in [2.24, 2.45) is 0 Å². The minimum absolute atomic E-state index is 0.145. The Morgan fingerprint density at radius 3 is 2.54 bits per heavy atom. The number of anilines is 2. The van der Waals surface area contributed by atoms with Gasteiger partial charge in [0.05, 0.1) is 23.4 Å². The zero-order chi connectivity index (χ0) is 17.5. The standard InChI is InChI=1S/C19H23ClN2O2/c1-3-16(23)12-22(15-9-5-4-6-10-15)13-18(24)21-19-14(2)8-7-11-17(19)20/h4-11,16,23H,3,12-13H2,1-2H3,(H,21,24). The van der Waals surface area contributed by atoms with Crippen molar-refractivity contribution in [2.75, 3.05) is 23.3 Å². The number of nitrogens with zero attached hydrogens (tertiary/aromatic N) is 1. The highest BCUT2D eigenvalue weighted by molar-refractivity contribution is 6.34. The molecule has 2 aromatic rings. The van der Waals surface area contributed by atoms with Gasteiger partial charge < -0.3 is 15.3 Å². The molecule has 0 saturated heterocycles. The van der Waals surface area contributed by atoms with E-state index < -0.39 is 6.10 Å². The third kappa shape index (κ3) is 4.98. The molecular weight excluding hydrogens is 324 g/mol. The van der Waals surface area contributed by atoms with Gasteiger partial charge in [0.25, 0.3) is 0 Å². The lowest BCUT2D eigenvalue weighted by atomic mass is 10.2. The van der Waals surface area contributed by atoms with Crippen molar-refractivity contribution in [3.63, 3.8) is 0 Å². The minimum Gasteiger partial charge on any atom is -0.391 e. The zero-order valence-electron chi connectivity index (χ0n) is 14.0. The first-order valence-electron chi connectivity index (χ1n) is 8.04. The van der Waals surface area contributed by atoms with Crippen LogP contribution < -0.4 is 10.2 Å². The van der Waals surface area contributed by atoms with E-state index in [2.05, 4.69) is 5.32 Å². The molecule has 2 rings (SSSR count). The molecule has 0 heterocycles. The summed E-state index contributed by atoms with van der Waals surface area (Å²) >= 11 is 6.17. The Hall–Kier alpha value is -2.04. The van der Waals surface area contributed by atoms with E-state index in [1.165, 1.54) is 0 Å². The first-order chi connectivity index (χ1) is 11.5. The fraction of sp³-hybridized carbons (Fsp3) is 0.316. The number of para-hydroxylation sites is 2. The number of hydrogen-bond acceptors (Lipinski definition) is 3. The number of carbonyl (C=O) groups is 1. The number of aliphatic hydroxyl groups excluding tert-OH is 1. The van der Waals surface area contributed by atoms with Crippen molar-refractivity contribution in [1.82, 2.24) is 0 Å². The largest absolute Gasteiger partial charge is 0.391 e. The second kappa shape index (κ2) is 8.71. The molecule has 128 valence electrons. The number of nitrogens with one attached hydrogen (secondary N) is 1. The summed E-state index contributed by atoms with van der Waals surface area (Å²) in [5.74, 6) is -0.168. The molecule has 4 nitrogen and oxygen atoms in total. The maximum Gasteiger partial charge on any atom is 0.243 e. The number of hydrogen-bond donors (Lipinski definition) is 2. The summed E-state index contributed by atoms with van der Waals surface area (Å²) in [6.45, 7) is 4.36. The third-order valence-corrected chi connectivity index (χ3v) is 4.16. The van der Waals surface area contributed by atoms with Crippen LogP contribution in [-0.2, 0) is 4.79 Å². The molecule has 0 fully saturated rings. The van der Waals surface area contributed by atoms with Gasteiger partial charge in [-0.15, -0.1) is 0 Å². The van der Waals surface area contributed by atoms with Gasteiger partial charge in [0, 0.05) is 12.2 Å². The number of benzene rings is 2. The highest BCUT2D eigenvalue weighted by atomic mass is 35.5. The second-order valence-electron chi connectivity index (χ2n) is 5.76. The SMILES string of the molecule is CCC(O)CN(CC(=O)Nc1c(C)cccc1Cl)c1ccccc1. The molecule has 0 aliphatic heterocycles. The second-order valence-corrected chi connectivity index (χ2v) is 6.17. The first-order valence-corrected chi connectivity index (χ1v) is 8.42. The predicted molar refractivity (Wildman–Crippen MR) is 99.8 cm³/mol. The summed E-state index contributed by atoms with van der Waals surface area (Å²) < 4.78 is 0. The maximum atomic E-state index is 12.5. The lowest BCUT2D eigenvalue weighted by Gasteiger charge is -2.26. The van der Waals surface area contributed by atoms with E-state index in [1.54, 1.807) is 6.07 Å². The summed E-state index contributed by atoms with van der Waals surface area (Å²) in [6, 6.07) is 15.1. The van der Waals surface area contributed by atoms with Crippen LogP contribution in [0.4, 0.5) is 11.4 Å². The fourth-order valence-electron chi connectivity index (χ4n) is 2.43. The Kier molecular flexibility index (Phi) is 6.64. The van der Waals surface area contributed by atoms with Crippen LogP contribution >= 0.6 is 11.6 Å². The van der Waals surface area contributed by atoms with Crippen LogP contribution in [0.5, 0.6) is 0 Å². The van der Waals surface area contributed by atoms with Crippen molar-refractivity contribution in [3.8, 4) is 0 Å². The van der Waals surface area contributed by atoms with Crippen LogP contribution in [0.15, 0.2) is 48.5 Å². The van der Waals surface area contributed by atoms with Gasteiger partial charge in [-0.05, 0) is 37.1 Å². The van der Waals surface area contributed by atoms with E-state index in [9.17, 15) is 9.90 Å². The van der Waals surface area contributed by atoms with Crippen LogP contribution in [0.2, 0.25) is 5.02 Å². The van der Waals surface area contributed by atoms with Crippen molar-refractivity contribution < 1.29 is 9.90 Å². The normalized spacial score (nSPS) is 11.8. The molecule has 1 atom stereocenters. The summed E-state index contributed by atoms with van der Waals surface area (Å²) in [4.78, 5) is 14.3. The molecular formula is C19H23ClN2O2. The number of halogens is 1. The van der Waals surface area contributed by atoms with Crippen LogP contribution in [0, 0.1) is 6.92 Å². The van der Waals surface area contributed by atoms with Gasteiger partial charge >= 0.3 is 0 Å². The van der Waals surface area contributed by atoms with Gasteiger partial charge in [0.1, 0.15) is 0 Å². The van der Waals surface area contributed by atoms with E-state index in [-0.39, 0.29) is 12.5 Å². The Labute approximate surface area is 148 Å². The summed E-state index contributed by atoms with van der Waals surface area (Å²) in [5, 5.41) is 13.4. The molecule has 0 radical (unpaired) electrons. The third-order valence-electron chi connectivity index (χ3n) is 3.84. The van der Waals surface area contributed by atoms with Gasteiger partial charge in [-0.2, -0.15) is 0 Å². The molecule has 0 aliphatic carbocycles. The van der Waals surface area contributed by atoms with Crippen molar-refractivity contribution in [2.45, 2.75) is 26.4 Å². The first kappa shape index (κ1) is 18.3. The van der Waals surface area contributed by atoms with E-state index in [0.29, 0.717) is 23.7 Å². The van der Waals surface area contributed by atoms with Crippen molar-refractivity contribution >= 4 is 28.9 Å². The summed E-state index contributed by atoms with van der Waals surface area (Å²) in [5.41, 5.74) is 2.44. The predicted octanol–water partition coefficient (Wildman–Crippen LogP) is 3.86. The van der Waals surface area contributed by atoms with E-state index in [0.717, 1.165) is 11.3 Å². The number of rotatable bonds is 7. The van der Waals surface area contributed by atoms with Gasteiger partial charge in [0.15, 0.2) is 0 Å². The molecule has 2 aromatic carbocycles. The number of aryl methyl sites for hydroxylation is 1. The van der Waals surface area contributed by atoms with Crippen LogP contribution in [0.1, 0.15) is 18.9 Å². The van der Waals surface area contributed by atoms with E-state index in [4.69, 9.17) is 11.6 Å². The van der Waals surface area contributed by atoms with Crippen molar-refractivity contribution in [1.29, 1.82) is 0 Å².